The first-order valence-electron chi connectivity index (χ1n) is 6.78. The zero-order valence-corrected chi connectivity index (χ0v) is 10.7. The maximum atomic E-state index is 12.3. The second-order valence-electron chi connectivity index (χ2n) is 6.39. The van der Waals surface area contributed by atoms with Crippen LogP contribution in [-0.4, -0.2) is 23.3 Å². The van der Waals surface area contributed by atoms with Gasteiger partial charge in [0.25, 0.3) is 0 Å². The van der Waals surface area contributed by atoms with Gasteiger partial charge in [0.1, 0.15) is 0 Å². The molecule has 1 aliphatic heterocycles. The fourth-order valence-electron chi connectivity index (χ4n) is 3.57. The summed E-state index contributed by atoms with van der Waals surface area (Å²) in [7, 11) is 0. The summed E-state index contributed by atoms with van der Waals surface area (Å²) in [6, 6.07) is 2.18. The lowest BCUT2D eigenvalue weighted by atomic mass is 10.00. The average molecular weight is 246 g/mol. The van der Waals surface area contributed by atoms with Crippen LogP contribution in [0.5, 0.6) is 0 Å². The van der Waals surface area contributed by atoms with Crippen molar-refractivity contribution >= 4 is 11.8 Å². The number of nitriles is 1. The van der Waals surface area contributed by atoms with Gasteiger partial charge in [-0.15, -0.1) is 0 Å². The molecule has 3 fully saturated rings. The van der Waals surface area contributed by atoms with E-state index in [1.54, 1.807) is 0 Å². The Morgan fingerprint density at radius 1 is 1.28 bits per heavy atom. The SMILES string of the molecule is CC1CC2C(=O)N(CC3(CC#N)CC3)C(=O)C2C1. The van der Waals surface area contributed by atoms with E-state index in [1.165, 1.54) is 4.90 Å². The molecule has 0 N–H and O–H groups in total. The third-order valence-corrected chi connectivity index (χ3v) is 4.87. The van der Waals surface area contributed by atoms with Crippen molar-refractivity contribution in [3.05, 3.63) is 0 Å². The van der Waals surface area contributed by atoms with E-state index in [4.69, 9.17) is 5.26 Å². The van der Waals surface area contributed by atoms with Crippen LogP contribution in [0.1, 0.15) is 39.0 Å². The molecule has 2 amide bonds. The Morgan fingerprint density at radius 3 is 2.28 bits per heavy atom. The fourth-order valence-corrected chi connectivity index (χ4v) is 3.57. The lowest BCUT2D eigenvalue weighted by Gasteiger charge is -2.21. The maximum Gasteiger partial charge on any atom is 0.233 e. The molecule has 4 heteroatoms. The van der Waals surface area contributed by atoms with E-state index >= 15 is 0 Å². The highest BCUT2D eigenvalue weighted by Crippen LogP contribution is 2.51. The molecule has 0 aromatic heterocycles. The smallest absolute Gasteiger partial charge is 0.233 e. The highest BCUT2D eigenvalue weighted by Gasteiger charge is 2.55. The van der Waals surface area contributed by atoms with E-state index in [1.807, 2.05) is 0 Å². The van der Waals surface area contributed by atoms with E-state index in [-0.39, 0.29) is 29.1 Å². The minimum absolute atomic E-state index is 0.0264. The summed E-state index contributed by atoms with van der Waals surface area (Å²) < 4.78 is 0. The zero-order chi connectivity index (χ0) is 12.9. The number of likely N-dealkylation sites (tertiary alicyclic amines) is 1. The number of imide groups is 1. The fraction of sp³-hybridized carbons (Fsp3) is 0.786. The molecule has 2 atom stereocenters. The van der Waals surface area contributed by atoms with Gasteiger partial charge in [-0.3, -0.25) is 14.5 Å². The Labute approximate surface area is 107 Å². The zero-order valence-electron chi connectivity index (χ0n) is 10.7. The van der Waals surface area contributed by atoms with Gasteiger partial charge in [0.05, 0.1) is 17.9 Å². The number of nitrogens with zero attached hydrogens (tertiary/aromatic N) is 2. The molecule has 2 saturated carbocycles. The van der Waals surface area contributed by atoms with Gasteiger partial charge < -0.3 is 0 Å². The summed E-state index contributed by atoms with van der Waals surface area (Å²) in [5.74, 6) is 0.414. The molecule has 18 heavy (non-hydrogen) atoms. The first kappa shape index (κ1) is 11.7. The van der Waals surface area contributed by atoms with Crippen molar-refractivity contribution in [3.63, 3.8) is 0 Å². The van der Waals surface area contributed by atoms with Crippen LogP contribution >= 0.6 is 0 Å². The van der Waals surface area contributed by atoms with Crippen molar-refractivity contribution in [2.75, 3.05) is 6.54 Å². The number of hydrogen-bond acceptors (Lipinski definition) is 3. The summed E-state index contributed by atoms with van der Waals surface area (Å²) in [4.78, 5) is 26.0. The molecule has 2 unspecified atom stereocenters. The summed E-state index contributed by atoms with van der Waals surface area (Å²) in [6.07, 6.45) is 4.14. The van der Waals surface area contributed by atoms with Gasteiger partial charge in [0, 0.05) is 18.4 Å². The van der Waals surface area contributed by atoms with Gasteiger partial charge in [-0.2, -0.15) is 5.26 Å². The van der Waals surface area contributed by atoms with Gasteiger partial charge in [0.2, 0.25) is 11.8 Å². The molecule has 2 aliphatic carbocycles. The number of fused-ring (bicyclic) bond motifs is 1. The quantitative estimate of drug-likeness (QED) is 0.712. The number of rotatable bonds is 3. The van der Waals surface area contributed by atoms with Crippen molar-refractivity contribution in [3.8, 4) is 6.07 Å². The Kier molecular flexibility index (Phi) is 2.48. The minimum atomic E-state index is -0.0652. The van der Waals surface area contributed by atoms with Crippen molar-refractivity contribution in [1.29, 1.82) is 5.26 Å². The summed E-state index contributed by atoms with van der Waals surface area (Å²) >= 11 is 0. The van der Waals surface area contributed by atoms with Gasteiger partial charge >= 0.3 is 0 Å². The molecule has 0 spiro atoms. The third-order valence-electron chi connectivity index (χ3n) is 4.87. The highest BCUT2D eigenvalue weighted by atomic mass is 16.2. The molecular weight excluding hydrogens is 228 g/mol. The van der Waals surface area contributed by atoms with Crippen molar-refractivity contribution in [2.24, 2.45) is 23.2 Å². The van der Waals surface area contributed by atoms with Crippen molar-refractivity contribution < 1.29 is 9.59 Å². The Morgan fingerprint density at radius 2 is 1.83 bits per heavy atom. The van der Waals surface area contributed by atoms with E-state index in [0.717, 1.165) is 25.7 Å². The van der Waals surface area contributed by atoms with E-state index in [2.05, 4.69) is 13.0 Å². The maximum absolute atomic E-state index is 12.3. The number of hydrogen-bond donors (Lipinski definition) is 0. The first-order chi connectivity index (χ1) is 8.56. The minimum Gasteiger partial charge on any atom is -0.282 e. The largest absolute Gasteiger partial charge is 0.282 e. The van der Waals surface area contributed by atoms with Crippen LogP contribution in [0.3, 0.4) is 0 Å². The van der Waals surface area contributed by atoms with E-state index < -0.39 is 0 Å². The van der Waals surface area contributed by atoms with Crippen LogP contribution < -0.4 is 0 Å². The molecule has 0 aromatic carbocycles. The van der Waals surface area contributed by atoms with Crippen LogP contribution in [0.25, 0.3) is 0 Å². The second kappa shape index (κ2) is 3.81. The Balaban J connectivity index is 1.74. The number of carbonyl (C=O) groups is 2. The summed E-state index contributed by atoms with van der Waals surface area (Å²) in [5, 5.41) is 8.81. The predicted octanol–water partition coefficient (Wildman–Crippen LogP) is 1.71. The van der Waals surface area contributed by atoms with E-state index in [0.29, 0.717) is 18.9 Å². The summed E-state index contributed by atoms with van der Waals surface area (Å²) in [6.45, 7) is 2.60. The van der Waals surface area contributed by atoms with E-state index in [9.17, 15) is 9.59 Å². The molecule has 0 radical (unpaired) electrons. The number of amides is 2. The molecular formula is C14H18N2O2. The van der Waals surface area contributed by atoms with Crippen molar-refractivity contribution in [2.45, 2.75) is 39.0 Å². The third kappa shape index (κ3) is 1.65. The topological polar surface area (TPSA) is 61.2 Å². The molecule has 0 aromatic rings. The van der Waals surface area contributed by atoms with Crippen LogP contribution in [0.15, 0.2) is 0 Å². The van der Waals surface area contributed by atoms with Crippen molar-refractivity contribution in [1.82, 2.24) is 4.90 Å². The van der Waals surface area contributed by atoms with Crippen LogP contribution in [0, 0.1) is 34.5 Å². The molecule has 1 saturated heterocycles. The lowest BCUT2D eigenvalue weighted by molar-refractivity contribution is -0.141. The monoisotopic (exact) mass is 246 g/mol. The van der Waals surface area contributed by atoms with Gasteiger partial charge in [-0.25, -0.2) is 0 Å². The summed E-state index contributed by atoms with van der Waals surface area (Å²) in [5.41, 5.74) is -0.0652. The Hall–Kier alpha value is -1.37. The standard InChI is InChI=1S/C14H18N2O2/c1-9-6-10-11(7-9)13(18)16(12(10)17)8-14(2-3-14)4-5-15/h9-11H,2-4,6-8H2,1H3. The van der Waals surface area contributed by atoms with Crippen LogP contribution in [-0.2, 0) is 9.59 Å². The number of carbonyl (C=O) groups excluding carboxylic acids is 2. The average Bonchev–Trinajstić information content (AvgIpc) is 2.92. The normalized spacial score (nSPS) is 36.7. The molecule has 1 heterocycles. The van der Waals surface area contributed by atoms with Gasteiger partial charge in [0.15, 0.2) is 0 Å². The second-order valence-corrected chi connectivity index (χ2v) is 6.39. The van der Waals surface area contributed by atoms with Crippen LogP contribution in [0.4, 0.5) is 0 Å². The molecule has 3 rings (SSSR count). The lowest BCUT2D eigenvalue weighted by Crippen LogP contribution is -2.37. The molecule has 0 bridgehead atoms. The van der Waals surface area contributed by atoms with Crippen LogP contribution in [0.2, 0.25) is 0 Å². The Bertz CT molecular complexity index is 423. The van der Waals surface area contributed by atoms with Gasteiger partial charge in [-0.05, 0) is 31.6 Å². The molecule has 3 aliphatic rings. The first-order valence-corrected chi connectivity index (χ1v) is 6.78. The molecule has 4 nitrogen and oxygen atoms in total. The molecule has 96 valence electrons. The highest BCUT2D eigenvalue weighted by molar-refractivity contribution is 6.05. The predicted molar refractivity (Wildman–Crippen MR) is 64.0 cm³/mol. The van der Waals surface area contributed by atoms with Gasteiger partial charge in [-0.1, -0.05) is 6.92 Å².